The van der Waals surface area contributed by atoms with Gasteiger partial charge >= 0.3 is 12.1 Å². The third-order valence-corrected chi connectivity index (χ3v) is 2.82. The highest BCUT2D eigenvalue weighted by Gasteiger charge is 2.62. The van der Waals surface area contributed by atoms with E-state index in [0.29, 0.717) is 9.80 Å². The van der Waals surface area contributed by atoms with Gasteiger partial charge in [0.1, 0.15) is 0 Å². The van der Waals surface area contributed by atoms with Gasteiger partial charge in [-0.1, -0.05) is 0 Å². The predicted octanol–water partition coefficient (Wildman–Crippen LogP) is -1.31. The van der Waals surface area contributed by atoms with Crippen LogP contribution in [0.25, 0.3) is 0 Å². The summed E-state index contributed by atoms with van der Waals surface area (Å²) >= 11 is 0. The first kappa shape index (κ1) is 12.7. The highest BCUT2D eigenvalue weighted by molar-refractivity contribution is 6.04. The second-order valence-corrected chi connectivity index (χ2v) is 3.95. The molecule has 2 rings (SSSR count). The molecule has 102 valence electrons. The van der Waals surface area contributed by atoms with Crippen LogP contribution in [0.1, 0.15) is 13.8 Å². The minimum absolute atomic E-state index is 0.118. The Labute approximate surface area is 105 Å². The largest absolute Gasteiger partial charge is 0.379 e. The van der Waals surface area contributed by atoms with Crippen LogP contribution in [0.3, 0.4) is 0 Å². The lowest BCUT2D eigenvalue weighted by atomic mass is 10.3. The van der Waals surface area contributed by atoms with Crippen LogP contribution in [-0.2, 0) is 9.59 Å². The molecule has 0 aliphatic carbocycles. The highest BCUT2D eigenvalue weighted by atomic mass is 16.7. The van der Waals surface area contributed by atoms with Crippen LogP contribution in [0.15, 0.2) is 0 Å². The zero-order valence-corrected chi connectivity index (χ0v) is 9.89. The van der Waals surface area contributed by atoms with Gasteiger partial charge in [0.05, 0.1) is 0 Å². The molecule has 2 fully saturated rings. The summed E-state index contributed by atoms with van der Waals surface area (Å²) in [6, 6.07) is -2.09. The number of carbonyl (C=O) groups is 4. The first-order valence-electron chi connectivity index (χ1n) is 5.15. The van der Waals surface area contributed by atoms with E-state index in [1.165, 1.54) is 0 Å². The molecule has 1 N–H and O–H groups in total. The van der Waals surface area contributed by atoms with Crippen molar-refractivity contribution in [3.63, 3.8) is 0 Å². The Hall–Kier alpha value is -2.72. The van der Waals surface area contributed by atoms with Crippen molar-refractivity contribution in [3.8, 4) is 0 Å². The molecule has 11 nitrogen and oxygen atoms in total. The van der Waals surface area contributed by atoms with E-state index in [1.54, 1.807) is 0 Å². The number of nitrogens with one attached hydrogen (secondary N) is 1. The molecule has 2 aliphatic heterocycles. The second-order valence-electron chi connectivity index (χ2n) is 3.95. The van der Waals surface area contributed by atoms with Crippen LogP contribution >= 0.6 is 0 Å². The van der Waals surface area contributed by atoms with Crippen molar-refractivity contribution < 1.29 is 24.2 Å². The summed E-state index contributed by atoms with van der Waals surface area (Å²) in [5, 5.41) is 12.0. The van der Waals surface area contributed by atoms with E-state index in [1.807, 2.05) is 0 Å². The maximum Gasteiger partial charge on any atom is 0.379 e. The van der Waals surface area contributed by atoms with Gasteiger partial charge in [-0.05, 0) is 5.01 Å². The Balaban J connectivity index is 2.50. The Morgan fingerprint density at radius 2 is 1.74 bits per heavy atom. The molecule has 2 heterocycles. The Morgan fingerprint density at radius 1 is 1.21 bits per heavy atom. The van der Waals surface area contributed by atoms with Crippen LogP contribution in [0.2, 0.25) is 0 Å². The van der Waals surface area contributed by atoms with Crippen LogP contribution in [-0.4, -0.2) is 56.0 Å². The van der Waals surface area contributed by atoms with Gasteiger partial charge in [0.25, 0.3) is 0 Å². The number of urea groups is 2. The SMILES string of the molecule is CC(=O)N1C(=O)N(C(C)=O)[C@H]2[C@H]1NC(=O)N2[N+](=O)[O-]. The van der Waals surface area contributed by atoms with Crippen molar-refractivity contribution in [2.45, 2.75) is 26.2 Å². The van der Waals surface area contributed by atoms with E-state index in [0.717, 1.165) is 13.8 Å². The van der Waals surface area contributed by atoms with E-state index in [4.69, 9.17) is 0 Å². The van der Waals surface area contributed by atoms with Gasteiger partial charge in [-0.3, -0.25) is 9.59 Å². The number of hydrogen-bond acceptors (Lipinski definition) is 6. The summed E-state index contributed by atoms with van der Waals surface area (Å²) in [5.74, 6) is -1.53. The van der Waals surface area contributed by atoms with Crippen molar-refractivity contribution in [2.75, 3.05) is 0 Å². The average Bonchev–Trinajstić information content (AvgIpc) is 2.67. The Bertz CT molecular complexity index is 506. The van der Waals surface area contributed by atoms with Gasteiger partial charge < -0.3 is 5.32 Å². The van der Waals surface area contributed by atoms with E-state index in [-0.39, 0.29) is 5.01 Å². The van der Waals surface area contributed by atoms with Gasteiger partial charge in [-0.15, -0.1) is 0 Å². The standard InChI is InChI=1S/C8H9N5O6/c1-3(14)10-5-6(11(4(2)15)8(10)17)12(13(18)19)7(16)9-5/h5-6H,1-2H3,(H,9,16)/t5-,6+/m0/s1. The molecule has 0 bridgehead atoms. The molecular weight excluding hydrogens is 262 g/mol. The molecule has 2 atom stereocenters. The van der Waals surface area contributed by atoms with Gasteiger partial charge in [0.2, 0.25) is 18.0 Å². The maximum atomic E-state index is 11.9. The zero-order chi connectivity index (χ0) is 14.5. The molecule has 0 aromatic rings. The van der Waals surface area contributed by atoms with Crippen molar-refractivity contribution >= 4 is 23.9 Å². The third-order valence-electron chi connectivity index (χ3n) is 2.82. The zero-order valence-electron chi connectivity index (χ0n) is 9.89. The summed E-state index contributed by atoms with van der Waals surface area (Å²) in [5.41, 5.74) is 0. The van der Waals surface area contributed by atoms with Gasteiger partial charge in [-0.25, -0.2) is 29.5 Å². The minimum atomic E-state index is -1.48. The summed E-state index contributed by atoms with van der Waals surface area (Å²) in [6.07, 6.45) is -2.73. The molecule has 0 spiro atoms. The highest BCUT2D eigenvalue weighted by Crippen LogP contribution is 2.29. The molecule has 0 radical (unpaired) electrons. The summed E-state index contributed by atoms with van der Waals surface area (Å²) < 4.78 is 0. The van der Waals surface area contributed by atoms with Crippen LogP contribution in [0.4, 0.5) is 9.59 Å². The lowest BCUT2D eigenvalue weighted by molar-refractivity contribution is -0.641. The number of carbonyl (C=O) groups excluding carboxylic acids is 4. The smallest absolute Gasteiger partial charge is 0.309 e. The molecule has 0 aromatic carbocycles. The summed E-state index contributed by atoms with van der Waals surface area (Å²) in [7, 11) is 0. The number of amides is 6. The first-order valence-corrected chi connectivity index (χ1v) is 5.15. The summed E-state index contributed by atoms with van der Waals surface area (Å²) in [6.45, 7) is 2.07. The first-order chi connectivity index (χ1) is 8.77. The van der Waals surface area contributed by atoms with E-state index in [2.05, 4.69) is 5.32 Å². The van der Waals surface area contributed by atoms with Crippen molar-refractivity contribution in [3.05, 3.63) is 10.1 Å². The van der Waals surface area contributed by atoms with Gasteiger partial charge in [0, 0.05) is 13.8 Å². The molecular formula is C8H9N5O6. The number of hydrogen-bond donors (Lipinski definition) is 1. The van der Waals surface area contributed by atoms with E-state index in [9.17, 15) is 29.3 Å². The third kappa shape index (κ3) is 1.58. The number of imide groups is 2. The van der Waals surface area contributed by atoms with Crippen molar-refractivity contribution in [2.24, 2.45) is 0 Å². The number of nitrogens with zero attached hydrogens (tertiary/aromatic N) is 4. The Morgan fingerprint density at radius 3 is 2.16 bits per heavy atom. The topological polar surface area (TPSA) is 133 Å². The molecule has 0 saturated carbocycles. The number of rotatable bonds is 1. The normalized spacial score (nSPS) is 25.5. The molecule has 11 heteroatoms. The van der Waals surface area contributed by atoms with Crippen LogP contribution in [0, 0.1) is 10.1 Å². The van der Waals surface area contributed by atoms with Crippen molar-refractivity contribution in [1.82, 2.24) is 20.1 Å². The number of fused-ring (bicyclic) bond motifs is 1. The molecule has 19 heavy (non-hydrogen) atoms. The average molecular weight is 271 g/mol. The number of hydrazine groups is 1. The fraction of sp³-hybridized carbons (Fsp3) is 0.500. The maximum absolute atomic E-state index is 11.9. The minimum Gasteiger partial charge on any atom is -0.309 e. The van der Waals surface area contributed by atoms with E-state index < -0.39 is 41.2 Å². The van der Waals surface area contributed by atoms with Crippen molar-refractivity contribution in [1.29, 1.82) is 0 Å². The lowest BCUT2D eigenvalue weighted by Gasteiger charge is -2.19. The van der Waals surface area contributed by atoms with Gasteiger partial charge in [-0.2, -0.15) is 0 Å². The quantitative estimate of drug-likeness (QED) is 0.464. The lowest BCUT2D eigenvalue weighted by Crippen LogP contribution is -2.50. The predicted molar refractivity (Wildman–Crippen MR) is 55.4 cm³/mol. The van der Waals surface area contributed by atoms with Gasteiger partial charge in [0.15, 0.2) is 11.2 Å². The van der Waals surface area contributed by atoms with Crippen LogP contribution < -0.4 is 5.32 Å². The molecule has 0 aromatic heterocycles. The monoisotopic (exact) mass is 271 g/mol. The van der Waals surface area contributed by atoms with Crippen LogP contribution in [0.5, 0.6) is 0 Å². The number of nitro groups is 1. The molecule has 0 unspecified atom stereocenters. The molecule has 6 amide bonds. The Kier molecular flexibility index (Phi) is 2.61. The second kappa shape index (κ2) is 3.90. The summed E-state index contributed by atoms with van der Waals surface area (Å²) in [4.78, 5) is 58.1. The fourth-order valence-electron chi connectivity index (χ4n) is 2.14. The molecule has 2 saturated heterocycles. The van der Waals surface area contributed by atoms with E-state index >= 15 is 0 Å². The fourth-order valence-corrected chi connectivity index (χ4v) is 2.14. The molecule has 2 aliphatic rings.